The summed E-state index contributed by atoms with van der Waals surface area (Å²) in [6.45, 7) is 6.17. The van der Waals surface area contributed by atoms with Gasteiger partial charge in [-0.25, -0.2) is 8.42 Å². The Labute approximate surface area is 183 Å². The van der Waals surface area contributed by atoms with Crippen molar-refractivity contribution in [2.45, 2.75) is 38.0 Å². The highest BCUT2D eigenvalue weighted by molar-refractivity contribution is 7.90. The van der Waals surface area contributed by atoms with Crippen molar-refractivity contribution in [1.29, 1.82) is 0 Å². The molecule has 0 aliphatic rings. The predicted molar refractivity (Wildman–Crippen MR) is 127 cm³/mol. The van der Waals surface area contributed by atoms with Gasteiger partial charge >= 0.3 is 0 Å². The van der Waals surface area contributed by atoms with Crippen molar-refractivity contribution >= 4 is 20.7 Å². The Morgan fingerprint density at radius 1 is 0.839 bits per heavy atom. The van der Waals surface area contributed by atoms with Gasteiger partial charge in [-0.05, 0) is 72.9 Å². The van der Waals surface area contributed by atoms with Crippen LogP contribution in [0.5, 0.6) is 0 Å². The Balaban J connectivity index is 1.67. The lowest BCUT2D eigenvalue weighted by Gasteiger charge is -2.12. The number of fused-ring (bicyclic) bond motifs is 1. The maximum Gasteiger partial charge on any atom is 0.184 e. The number of nitrogens with two attached hydrogens (primary N) is 1. The fourth-order valence-corrected chi connectivity index (χ4v) is 6.02. The summed E-state index contributed by atoms with van der Waals surface area (Å²) in [6.07, 6.45) is 0. The zero-order valence-electron chi connectivity index (χ0n) is 18.0. The highest BCUT2D eigenvalue weighted by Gasteiger charge is 2.21. The van der Waals surface area contributed by atoms with Crippen LogP contribution in [-0.2, 0) is 22.1 Å². The molecule has 0 bridgehead atoms. The summed E-state index contributed by atoms with van der Waals surface area (Å²) in [5.74, 6) is -0.117. The zero-order chi connectivity index (χ0) is 22.2. The highest BCUT2D eigenvalue weighted by atomic mass is 32.2. The van der Waals surface area contributed by atoms with E-state index in [1.165, 1.54) is 0 Å². The number of aromatic nitrogens is 1. The van der Waals surface area contributed by atoms with E-state index in [4.69, 9.17) is 5.73 Å². The zero-order valence-corrected chi connectivity index (χ0v) is 18.8. The van der Waals surface area contributed by atoms with Crippen molar-refractivity contribution in [2.75, 3.05) is 0 Å². The summed E-state index contributed by atoms with van der Waals surface area (Å²) in [5.41, 5.74) is 13.0. The number of pyridine rings is 1. The van der Waals surface area contributed by atoms with Crippen LogP contribution in [0.3, 0.4) is 0 Å². The minimum atomic E-state index is -3.49. The third kappa shape index (κ3) is 4.38. The lowest BCUT2D eigenvalue weighted by molar-refractivity contribution is 0.593. The molecule has 0 saturated heterocycles. The second-order valence-corrected chi connectivity index (χ2v) is 10.0. The smallest absolute Gasteiger partial charge is 0.184 e. The van der Waals surface area contributed by atoms with Gasteiger partial charge in [0, 0.05) is 11.9 Å². The minimum absolute atomic E-state index is 0.117. The molecule has 5 heteroatoms. The van der Waals surface area contributed by atoms with Crippen molar-refractivity contribution in [3.05, 3.63) is 94.7 Å². The van der Waals surface area contributed by atoms with Crippen LogP contribution in [0.15, 0.2) is 71.6 Å². The van der Waals surface area contributed by atoms with Crippen LogP contribution in [0.2, 0.25) is 0 Å². The number of hydrogen-bond donors (Lipinski definition) is 1. The third-order valence-corrected chi connectivity index (χ3v) is 7.44. The molecule has 4 aromatic rings. The Morgan fingerprint density at radius 3 is 2.26 bits per heavy atom. The SMILES string of the molecule is Cc1cc(C)c(S(=O)(=O)Cc2ccc3cc(-c4cccc(CN)c4)ccc3n2)c(C)c1. The first-order valence-corrected chi connectivity index (χ1v) is 11.9. The van der Waals surface area contributed by atoms with E-state index in [-0.39, 0.29) is 5.75 Å². The highest BCUT2D eigenvalue weighted by Crippen LogP contribution is 2.27. The van der Waals surface area contributed by atoms with Crippen molar-refractivity contribution in [1.82, 2.24) is 4.98 Å². The molecule has 1 aromatic heterocycles. The fraction of sp³-hybridized carbons (Fsp3) is 0.192. The third-order valence-electron chi connectivity index (χ3n) is 5.50. The summed E-state index contributed by atoms with van der Waals surface area (Å²) in [7, 11) is -3.49. The van der Waals surface area contributed by atoms with Gasteiger partial charge in [-0.15, -0.1) is 0 Å². The average molecular weight is 431 g/mol. The van der Waals surface area contributed by atoms with E-state index in [1.807, 2.05) is 63.2 Å². The molecular weight excluding hydrogens is 404 g/mol. The van der Waals surface area contributed by atoms with Crippen molar-refractivity contribution in [3.63, 3.8) is 0 Å². The van der Waals surface area contributed by atoms with Crippen LogP contribution in [0.4, 0.5) is 0 Å². The maximum absolute atomic E-state index is 13.1. The molecule has 0 aliphatic heterocycles. The Morgan fingerprint density at radius 2 is 1.55 bits per heavy atom. The molecule has 0 spiro atoms. The lowest BCUT2D eigenvalue weighted by Crippen LogP contribution is -2.10. The van der Waals surface area contributed by atoms with Crippen LogP contribution in [0.25, 0.3) is 22.0 Å². The van der Waals surface area contributed by atoms with Gasteiger partial charge in [0.25, 0.3) is 0 Å². The van der Waals surface area contributed by atoms with Crippen molar-refractivity contribution < 1.29 is 8.42 Å². The van der Waals surface area contributed by atoms with Crippen LogP contribution in [-0.4, -0.2) is 13.4 Å². The summed E-state index contributed by atoms with van der Waals surface area (Å²) in [6, 6.07) is 21.8. The number of sulfone groups is 1. The van der Waals surface area contributed by atoms with Crippen LogP contribution >= 0.6 is 0 Å². The summed E-state index contributed by atoms with van der Waals surface area (Å²) in [4.78, 5) is 5.04. The molecule has 2 N–H and O–H groups in total. The molecule has 0 atom stereocenters. The van der Waals surface area contributed by atoms with Crippen LogP contribution < -0.4 is 5.73 Å². The molecule has 1 heterocycles. The summed E-state index contributed by atoms with van der Waals surface area (Å²) >= 11 is 0. The van der Waals surface area contributed by atoms with Crippen molar-refractivity contribution in [3.8, 4) is 11.1 Å². The predicted octanol–water partition coefficient (Wildman–Crippen LogP) is 5.26. The van der Waals surface area contributed by atoms with Gasteiger partial charge in [-0.2, -0.15) is 0 Å². The first kappa shape index (κ1) is 21.2. The number of benzene rings is 3. The van der Waals surface area contributed by atoms with E-state index >= 15 is 0 Å². The van der Waals surface area contributed by atoms with Crippen LogP contribution in [0.1, 0.15) is 27.9 Å². The molecule has 0 unspecified atom stereocenters. The summed E-state index contributed by atoms with van der Waals surface area (Å²) in [5, 5.41) is 0.972. The topological polar surface area (TPSA) is 73.0 Å². The second-order valence-electron chi connectivity index (χ2n) is 8.10. The number of rotatable bonds is 5. The normalized spacial score (nSPS) is 11.7. The van der Waals surface area contributed by atoms with Gasteiger partial charge in [-0.3, -0.25) is 4.98 Å². The van der Waals surface area contributed by atoms with Gasteiger partial charge in [-0.1, -0.05) is 48.0 Å². The van der Waals surface area contributed by atoms with Gasteiger partial charge in [0.2, 0.25) is 0 Å². The first-order chi connectivity index (χ1) is 14.8. The molecule has 0 amide bonds. The van der Waals surface area contributed by atoms with Crippen molar-refractivity contribution in [2.24, 2.45) is 5.73 Å². The van der Waals surface area contributed by atoms with E-state index in [9.17, 15) is 8.42 Å². The van der Waals surface area contributed by atoms with Gasteiger partial charge in [0.1, 0.15) is 0 Å². The molecule has 0 aliphatic carbocycles. The monoisotopic (exact) mass is 430 g/mol. The molecular formula is C26H26N2O2S. The largest absolute Gasteiger partial charge is 0.326 e. The average Bonchev–Trinajstić information content (AvgIpc) is 2.72. The van der Waals surface area contributed by atoms with E-state index in [0.29, 0.717) is 17.1 Å². The molecule has 3 aromatic carbocycles. The Kier molecular flexibility index (Phi) is 5.65. The number of aryl methyl sites for hydroxylation is 3. The van der Waals surface area contributed by atoms with Gasteiger partial charge < -0.3 is 5.73 Å². The van der Waals surface area contributed by atoms with Crippen LogP contribution in [0, 0.1) is 20.8 Å². The Bertz CT molecular complexity index is 1370. The van der Waals surface area contributed by atoms with Gasteiger partial charge in [0.15, 0.2) is 9.84 Å². The van der Waals surface area contributed by atoms with E-state index < -0.39 is 9.84 Å². The molecule has 0 fully saturated rings. The quantitative estimate of drug-likeness (QED) is 0.469. The first-order valence-electron chi connectivity index (χ1n) is 10.3. The maximum atomic E-state index is 13.1. The number of hydrogen-bond acceptors (Lipinski definition) is 4. The standard InChI is InChI=1S/C26H26N2O2S/c1-17-11-18(2)26(19(3)12-17)31(29,30)16-24-9-7-23-14-22(8-10-25(23)28-24)21-6-4-5-20(13-21)15-27/h4-14H,15-16,27H2,1-3H3. The molecule has 31 heavy (non-hydrogen) atoms. The molecule has 158 valence electrons. The molecule has 4 rings (SSSR count). The minimum Gasteiger partial charge on any atom is -0.326 e. The van der Waals surface area contributed by atoms with E-state index in [0.717, 1.165) is 44.3 Å². The molecule has 0 radical (unpaired) electrons. The second kappa shape index (κ2) is 8.25. The Hall–Kier alpha value is -3.02. The fourth-order valence-electron chi connectivity index (χ4n) is 4.23. The molecule has 4 nitrogen and oxygen atoms in total. The van der Waals surface area contributed by atoms with Gasteiger partial charge in [0.05, 0.1) is 21.9 Å². The lowest BCUT2D eigenvalue weighted by atomic mass is 10.0. The number of nitrogens with zero attached hydrogens (tertiary/aromatic N) is 1. The van der Waals surface area contributed by atoms with E-state index in [2.05, 4.69) is 23.2 Å². The molecule has 0 saturated carbocycles. The summed E-state index contributed by atoms with van der Waals surface area (Å²) < 4.78 is 26.3. The van der Waals surface area contributed by atoms with E-state index in [1.54, 1.807) is 6.07 Å².